The van der Waals surface area contributed by atoms with Crippen LogP contribution in [0, 0.1) is 11.3 Å². The molecular weight excluding hydrogens is 326 g/mol. The second kappa shape index (κ2) is 7.98. The second-order valence-corrected chi connectivity index (χ2v) is 7.93. The Bertz CT molecular complexity index is 735. The zero-order valence-electron chi connectivity index (χ0n) is 16.0. The van der Waals surface area contributed by atoms with Crippen molar-refractivity contribution in [2.75, 3.05) is 6.54 Å². The van der Waals surface area contributed by atoms with E-state index in [1.54, 1.807) is 4.80 Å². The van der Waals surface area contributed by atoms with Crippen molar-refractivity contribution in [3.63, 3.8) is 0 Å². The number of amides is 1. The summed E-state index contributed by atoms with van der Waals surface area (Å²) in [6.07, 6.45) is 5.83. The predicted octanol–water partition coefficient (Wildman–Crippen LogP) is 3.70. The van der Waals surface area contributed by atoms with Crippen LogP contribution in [0.2, 0.25) is 0 Å². The standard InChI is InChI=1S/C20H29N5O/c1-4-5-13-25-23-18(22-24-25)15-8-10-16(11-9-15)19(26)21-14-17-7-6-12-20(17,2)3/h8-11,17H,4-7,12-14H2,1-3H3,(H,21,26). The highest BCUT2D eigenvalue weighted by Crippen LogP contribution is 2.42. The number of carbonyl (C=O) groups is 1. The van der Waals surface area contributed by atoms with Gasteiger partial charge in [-0.1, -0.05) is 45.7 Å². The van der Waals surface area contributed by atoms with E-state index >= 15 is 0 Å². The van der Waals surface area contributed by atoms with E-state index < -0.39 is 0 Å². The van der Waals surface area contributed by atoms with E-state index in [2.05, 4.69) is 41.5 Å². The molecule has 1 saturated carbocycles. The van der Waals surface area contributed by atoms with Gasteiger partial charge in [-0.3, -0.25) is 4.79 Å². The van der Waals surface area contributed by atoms with Gasteiger partial charge in [0.25, 0.3) is 5.91 Å². The molecule has 1 aromatic heterocycles. The maximum atomic E-state index is 12.4. The average molecular weight is 355 g/mol. The molecule has 1 amide bonds. The van der Waals surface area contributed by atoms with Crippen LogP contribution in [-0.4, -0.2) is 32.7 Å². The van der Waals surface area contributed by atoms with Crippen LogP contribution in [0.1, 0.15) is 63.2 Å². The molecule has 0 aliphatic heterocycles. The Balaban J connectivity index is 1.58. The fourth-order valence-electron chi connectivity index (χ4n) is 3.62. The van der Waals surface area contributed by atoms with Crippen LogP contribution >= 0.6 is 0 Å². The highest BCUT2D eigenvalue weighted by atomic mass is 16.1. The third-order valence-electron chi connectivity index (χ3n) is 5.56. The lowest BCUT2D eigenvalue weighted by Gasteiger charge is -2.27. The van der Waals surface area contributed by atoms with Crippen molar-refractivity contribution in [3.05, 3.63) is 29.8 Å². The Morgan fingerprint density at radius 2 is 2.08 bits per heavy atom. The molecule has 1 aliphatic carbocycles. The summed E-state index contributed by atoms with van der Waals surface area (Å²) in [6, 6.07) is 7.43. The second-order valence-electron chi connectivity index (χ2n) is 7.93. The smallest absolute Gasteiger partial charge is 0.251 e. The fraction of sp³-hybridized carbons (Fsp3) is 0.600. The van der Waals surface area contributed by atoms with Crippen molar-refractivity contribution in [1.29, 1.82) is 0 Å². The summed E-state index contributed by atoms with van der Waals surface area (Å²) in [5, 5.41) is 15.7. The SMILES string of the molecule is CCCCn1nnc(-c2ccc(C(=O)NCC3CCCC3(C)C)cc2)n1. The maximum absolute atomic E-state index is 12.4. The topological polar surface area (TPSA) is 72.7 Å². The number of carbonyl (C=O) groups excluding carboxylic acids is 1. The van der Waals surface area contributed by atoms with E-state index in [1.807, 2.05) is 24.3 Å². The number of hydrogen-bond donors (Lipinski definition) is 1. The number of nitrogens with zero attached hydrogens (tertiary/aromatic N) is 4. The van der Waals surface area contributed by atoms with Crippen molar-refractivity contribution < 1.29 is 4.79 Å². The van der Waals surface area contributed by atoms with Gasteiger partial charge in [-0.2, -0.15) is 4.80 Å². The van der Waals surface area contributed by atoms with Crippen molar-refractivity contribution in [2.45, 2.75) is 59.4 Å². The van der Waals surface area contributed by atoms with Gasteiger partial charge < -0.3 is 5.32 Å². The minimum Gasteiger partial charge on any atom is -0.352 e. The van der Waals surface area contributed by atoms with Gasteiger partial charge >= 0.3 is 0 Å². The van der Waals surface area contributed by atoms with Gasteiger partial charge in [0.2, 0.25) is 5.82 Å². The average Bonchev–Trinajstić information content (AvgIpc) is 3.24. The first-order chi connectivity index (χ1) is 12.5. The number of aromatic nitrogens is 4. The van der Waals surface area contributed by atoms with E-state index in [9.17, 15) is 4.79 Å². The van der Waals surface area contributed by atoms with Gasteiger partial charge in [0.05, 0.1) is 6.54 Å². The summed E-state index contributed by atoms with van der Waals surface area (Å²) in [5.41, 5.74) is 1.87. The molecule has 3 rings (SSSR count). The zero-order valence-corrected chi connectivity index (χ0v) is 16.0. The molecule has 1 atom stereocenters. The van der Waals surface area contributed by atoms with Gasteiger partial charge in [0.15, 0.2) is 0 Å². The lowest BCUT2D eigenvalue weighted by molar-refractivity contribution is 0.0937. The quantitative estimate of drug-likeness (QED) is 0.822. The Labute approximate surface area is 155 Å². The molecule has 6 heteroatoms. The summed E-state index contributed by atoms with van der Waals surface area (Å²) < 4.78 is 0. The molecule has 1 N–H and O–H groups in total. The van der Waals surface area contributed by atoms with Crippen LogP contribution in [0.4, 0.5) is 0 Å². The number of unbranched alkanes of at least 4 members (excludes halogenated alkanes) is 1. The Kier molecular flexibility index (Phi) is 5.69. The summed E-state index contributed by atoms with van der Waals surface area (Å²) in [4.78, 5) is 14.1. The molecule has 2 aromatic rings. The molecule has 26 heavy (non-hydrogen) atoms. The molecule has 1 aliphatic rings. The molecule has 6 nitrogen and oxygen atoms in total. The molecule has 1 unspecified atom stereocenters. The molecule has 0 radical (unpaired) electrons. The van der Waals surface area contributed by atoms with Crippen molar-refractivity contribution in [3.8, 4) is 11.4 Å². The number of nitrogens with one attached hydrogen (secondary N) is 1. The highest BCUT2D eigenvalue weighted by Gasteiger charge is 2.34. The number of hydrogen-bond acceptors (Lipinski definition) is 4. The summed E-state index contributed by atoms with van der Waals surface area (Å²) in [7, 11) is 0. The Hall–Kier alpha value is -2.24. The van der Waals surface area contributed by atoms with Crippen molar-refractivity contribution in [2.24, 2.45) is 11.3 Å². The third-order valence-corrected chi connectivity index (χ3v) is 5.56. The van der Waals surface area contributed by atoms with Crippen LogP contribution in [-0.2, 0) is 6.54 Å². The van der Waals surface area contributed by atoms with Crippen molar-refractivity contribution >= 4 is 5.91 Å². The van der Waals surface area contributed by atoms with Crippen LogP contribution in [0.5, 0.6) is 0 Å². The van der Waals surface area contributed by atoms with Crippen LogP contribution in [0.3, 0.4) is 0 Å². The van der Waals surface area contributed by atoms with E-state index in [-0.39, 0.29) is 5.91 Å². The van der Waals surface area contributed by atoms with E-state index in [4.69, 9.17) is 0 Å². The lowest BCUT2D eigenvalue weighted by Crippen LogP contribution is -2.33. The molecule has 0 saturated heterocycles. The van der Waals surface area contributed by atoms with E-state index in [1.165, 1.54) is 19.3 Å². The molecule has 1 fully saturated rings. The van der Waals surface area contributed by atoms with Gasteiger partial charge in [0.1, 0.15) is 0 Å². The maximum Gasteiger partial charge on any atom is 0.251 e. The highest BCUT2D eigenvalue weighted by molar-refractivity contribution is 5.94. The summed E-state index contributed by atoms with van der Waals surface area (Å²) in [6.45, 7) is 8.26. The summed E-state index contributed by atoms with van der Waals surface area (Å²) >= 11 is 0. The molecule has 0 bridgehead atoms. The third kappa shape index (κ3) is 4.29. The van der Waals surface area contributed by atoms with Gasteiger partial charge in [-0.05, 0) is 47.9 Å². The number of benzene rings is 1. The molecule has 1 aromatic carbocycles. The molecular formula is C20H29N5O. The monoisotopic (exact) mass is 355 g/mol. The molecule has 0 spiro atoms. The van der Waals surface area contributed by atoms with E-state index in [0.717, 1.165) is 31.5 Å². The van der Waals surface area contributed by atoms with Crippen molar-refractivity contribution in [1.82, 2.24) is 25.5 Å². The van der Waals surface area contributed by atoms with Gasteiger partial charge in [-0.25, -0.2) is 0 Å². The first kappa shape index (κ1) is 18.5. The van der Waals surface area contributed by atoms with Crippen LogP contribution in [0.25, 0.3) is 11.4 Å². The molecule has 140 valence electrons. The molecule has 1 heterocycles. The summed E-state index contributed by atoms with van der Waals surface area (Å²) in [5.74, 6) is 1.15. The van der Waals surface area contributed by atoms with Crippen LogP contribution in [0.15, 0.2) is 24.3 Å². The fourth-order valence-corrected chi connectivity index (χ4v) is 3.62. The first-order valence-electron chi connectivity index (χ1n) is 9.66. The predicted molar refractivity (Wildman–Crippen MR) is 102 cm³/mol. The lowest BCUT2D eigenvalue weighted by atomic mass is 9.82. The first-order valence-corrected chi connectivity index (χ1v) is 9.66. The zero-order chi connectivity index (χ0) is 18.6. The Morgan fingerprint density at radius 1 is 1.31 bits per heavy atom. The Morgan fingerprint density at radius 3 is 2.73 bits per heavy atom. The minimum atomic E-state index is -0.0150. The minimum absolute atomic E-state index is 0.0150. The van der Waals surface area contributed by atoms with Gasteiger partial charge in [0, 0.05) is 17.7 Å². The van der Waals surface area contributed by atoms with E-state index in [0.29, 0.717) is 22.7 Å². The normalized spacial score (nSPS) is 18.8. The number of rotatable bonds is 7. The largest absolute Gasteiger partial charge is 0.352 e. The van der Waals surface area contributed by atoms with Gasteiger partial charge in [-0.15, -0.1) is 10.2 Å². The number of aryl methyl sites for hydroxylation is 1. The number of tetrazole rings is 1. The van der Waals surface area contributed by atoms with Crippen LogP contribution < -0.4 is 5.32 Å².